The van der Waals surface area contributed by atoms with Gasteiger partial charge in [0.05, 0.1) is 12.2 Å². The summed E-state index contributed by atoms with van der Waals surface area (Å²) in [5, 5.41) is 9.54. The fraction of sp³-hybridized carbons (Fsp3) is 0.231. The van der Waals surface area contributed by atoms with Gasteiger partial charge in [0, 0.05) is 36.8 Å². The zero-order valence-corrected chi connectivity index (χ0v) is 20.2. The summed E-state index contributed by atoms with van der Waals surface area (Å²) in [5.74, 6) is -0.223. The molecule has 3 aromatic heterocycles. The lowest BCUT2D eigenvalue weighted by molar-refractivity contribution is 0.0691. The monoisotopic (exact) mass is 507 g/mol. The number of halogens is 2. The van der Waals surface area contributed by atoms with Crippen LogP contribution in [0.2, 0.25) is 5.02 Å². The summed E-state index contributed by atoms with van der Waals surface area (Å²) in [4.78, 5) is 26.9. The van der Waals surface area contributed by atoms with E-state index in [1.807, 2.05) is 23.7 Å². The predicted molar refractivity (Wildman–Crippen MR) is 133 cm³/mol. The van der Waals surface area contributed by atoms with Gasteiger partial charge in [-0.1, -0.05) is 29.8 Å². The molecule has 5 rings (SSSR count). The lowest BCUT2D eigenvalue weighted by Crippen LogP contribution is -2.29. The van der Waals surface area contributed by atoms with E-state index < -0.39 is 11.8 Å². The quantitative estimate of drug-likeness (QED) is 0.387. The molecular formula is C26H23ClFN5O3. The Labute approximate surface area is 211 Å². The predicted octanol–water partition coefficient (Wildman–Crippen LogP) is 4.72. The highest BCUT2D eigenvalue weighted by Gasteiger charge is 2.18. The number of pyridine rings is 2. The van der Waals surface area contributed by atoms with Crippen molar-refractivity contribution in [1.82, 2.24) is 24.4 Å². The molecule has 0 spiro atoms. The number of imidazole rings is 1. The van der Waals surface area contributed by atoms with Crippen molar-refractivity contribution < 1.29 is 19.0 Å². The zero-order valence-electron chi connectivity index (χ0n) is 19.5. The minimum absolute atomic E-state index is 0.000363. The fourth-order valence-electron chi connectivity index (χ4n) is 4.12. The molecule has 0 radical (unpaired) electrons. The van der Waals surface area contributed by atoms with Crippen LogP contribution in [0.4, 0.5) is 4.39 Å². The Morgan fingerprint density at radius 1 is 1.17 bits per heavy atom. The van der Waals surface area contributed by atoms with Gasteiger partial charge in [0.25, 0.3) is 0 Å². The molecule has 1 aliphatic heterocycles. The molecule has 4 aromatic rings. The number of hydrogen-bond donors (Lipinski definition) is 1. The van der Waals surface area contributed by atoms with Crippen LogP contribution in [-0.2, 0) is 20.2 Å². The number of carboxylic acids is 1. The maximum atomic E-state index is 14.0. The molecule has 0 saturated carbocycles. The SMILES string of the molecule is Cn1c(CN2CC=C(c3cccc(OCc4ccc(Cl)cc4F)n3)CC2)nc2ccc(C(=O)O)nc21. The Kier molecular flexibility index (Phi) is 6.67. The van der Waals surface area contributed by atoms with E-state index >= 15 is 0 Å². The first-order chi connectivity index (χ1) is 17.4. The third-order valence-electron chi connectivity index (χ3n) is 6.13. The van der Waals surface area contributed by atoms with Crippen LogP contribution in [0.15, 0.2) is 54.6 Å². The van der Waals surface area contributed by atoms with Crippen molar-refractivity contribution in [3.8, 4) is 5.88 Å². The summed E-state index contributed by atoms with van der Waals surface area (Å²) in [7, 11) is 1.85. The Bertz CT molecular complexity index is 1490. The first kappa shape index (κ1) is 23.9. The maximum Gasteiger partial charge on any atom is 0.354 e. The molecule has 10 heteroatoms. The highest BCUT2D eigenvalue weighted by atomic mass is 35.5. The molecule has 0 amide bonds. The van der Waals surface area contributed by atoms with Crippen LogP contribution >= 0.6 is 11.6 Å². The summed E-state index contributed by atoms with van der Waals surface area (Å²) < 4.78 is 21.6. The molecule has 4 heterocycles. The first-order valence-corrected chi connectivity index (χ1v) is 11.8. The van der Waals surface area contributed by atoms with Crippen molar-refractivity contribution in [3.05, 3.63) is 88.2 Å². The number of nitrogens with zero attached hydrogens (tertiary/aromatic N) is 5. The van der Waals surface area contributed by atoms with Crippen molar-refractivity contribution in [3.63, 3.8) is 0 Å². The summed E-state index contributed by atoms with van der Waals surface area (Å²) >= 11 is 5.81. The first-order valence-electron chi connectivity index (χ1n) is 11.4. The van der Waals surface area contributed by atoms with Crippen LogP contribution < -0.4 is 4.74 Å². The van der Waals surface area contributed by atoms with Crippen LogP contribution in [0, 0.1) is 5.82 Å². The molecule has 0 unspecified atom stereocenters. The molecule has 0 atom stereocenters. The molecule has 0 fully saturated rings. The van der Waals surface area contributed by atoms with Crippen molar-refractivity contribution in [2.45, 2.75) is 19.6 Å². The van der Waals surface area contributed by atoms with Gasteiger partial charge in [0.2, 0.25) is 5.88 Å². The van der Waals surface area contributed by atoms with Crippen LogP contribution in [0.5, 0.6) is 5.88 Å². The van der Waals surface area contributed by atoms with Gasteiger partial charge in [-0.3, -0.25) is 4.90 Å². The standard InChI is InChI=1S/C26H23ClFN5O3/c1-32-23(29-21-7-8-22(26(34)35)31-25(21)32)14-33-11-9-16(10-12-33)20-3-2-4-24(30-20)36-15-17-5-6-18(27)13-19(17)28/h2-9,13H,10-12,14-15H2,1H3,(H,34,35). The number of carboxylic acid groups (broad SMARTS) is 1. The van der Waals surface area contributed by atoms with Crippen molar-refractivity contribution >= 4 is 34.3 Å². The number of fused-ring (bicyclic) bond motifs is 1. The lowest BCUT2D eigenvalue weighted by atomic mass is 10.0. The number of rotatable bonds is 7. The van der Waals surface area contributed by atoms with Crippen LogP contribution in [-0.4, -0.2) is 48.6 Å². The van der Waals surface area contributed by atoms with Gasteiger partial charge in [-0.2, -0.15) is 0 Å². The van der Waals surface area contributed by atoms with Crippen molar-refractivity contribution in [2.75, 3.05) is 13.1 Å². The third-order valence-corrected chi connectivity index (χ3v) is 6.36. The number of aromatic carboxylic acids is 1. The van der Waals surface area contributed by atoms with E-state index in [-0.39, 0.29) is 12.3 Å². The molecule has 1 N–H and O–H groups in total. The fourth-order valence-corrected chi connectivity index (χ4v) is 4.28. The smallest absolute Gasteiger partial charge is 0.354 e. The van der Waals surface area contributed by atoms with E-state index in [0.29, 0.717) is 34.2 Å². The van der Waals surface area contributed by atoms with Gasteiger partial charge in [-0.15, -0.1) is 0 Å². The van der Waals surface area contributed by atoms with E-state index in [2.05, 4.69) is 25.9 Å². The van der Waals surface area contributed by atoms with Gasteiger partial charge in [0.1, 0.15) is 23.8 Å². The topological polar surface area (TPSA) is 93.4 Å². The average Bonchev–Trinajstić information content (AvgIpc) is 3.18. The molecule has 184 valence electrons. The number of benzene rings is 1. The largest absolute Gasteiger partial charge is 0.477 e. The summed E-state index contributed by atoms with van der Waals surface area (Å²) in [6.07, 6.45) is 2.94. The summed E-state index contributed by atoms with van der Waals surface area (Å²) in [6, 6.07) is 13.2. The molecule has 1 aromatic carbocycles. The van der Waals surface area contributed by atoms with E-state index in [0.717, 1.165) is 36.6 Å². The minimum atomic E-state index is -1.06. The van der Waals surface area contributed by atoms with Gasteiger partial charge >= 0.3 is 5.97 Å². The third kappa shape index (κ3) is 5.07. The molecule has 0 bridgehead atoms. The number of aryl methyl sites for hydroxylation is 1. The zero-order chi connectivity index (χ0) is 25.2. The second-order valence-electron chi connectivity index (χ2n) is 8.53. The molecular weight excluding hydrogens is 485 g/mol. The molecule has 36 heavy (non-hydrogen) atoms. The summed E-state index contributed by atoms with van der Waals surface area (Å²) in [5.41, 5.74) is 3.59. The second-order valence-corrected chi connectivity index (χ2v) is 8.97. The van der Waals surface area contributed by atoms with E-state index in [1.54, 1.807) is 24.3 Å². The Balaban J connectivity index is 1.24. The van der Waals surface area contributed by atoms with Crippen molar-refractivity contribution in [1.29, 1.82) is 0 Å². The number of carbonyl (C=O) groups is 1. The van der Waals surface area contributed by atoms with E-state index in [9.17, 15) is 14.3 Å². The number of aromatic nitrogens is 4. The summed E-state index contributed by atoms with van der Waals surface area (Å²) in [6.45, 7) is 2.20. The Hall–Kier alpha value is -3.82. The Morgan fingerprint density at radius 2 is 2.03 bits per heavy atom. The average molecular weight is 508 g/mol. The number of ether oxygens (including phenoxy) is 1. The molecule has 1 aliphatic rings. The van der Waals surface area contributed by atoms with E-state index in [1.165, 1.54) is 12.1 Å². The Morgan fingerprint density at radius 3 is 2.78 bits per heavy atom. The van der Waals surface area contributed by atoms with Gasteiger partial charge in [0.15, 0.2) is 11.3 Å². The molecule has 0 saturated heterocycles. The van der Waals surface area contributed by atoms with Crippen LogP contribution in [0.3, 0.4) is 0 Å². The molecule has 8 nitrogen and oxygen atoms in total. The normalized spacial score (nSPS) is 14.1. The minimum Gasteiger partial charge on any atom is -0.477 e. The van der Waals surface area contributed by atoms with Gasteiger partial charge in [-0.25, -0.2) is 24.1 Å². The van der Waals surface area contributed by atoms with E-state index in [4.69, 9.17) is 16.3 Å². The van der Waals surface area contributed by atoms with Crippen molar-refractivity contribution in [2.24, 2.45) is 7.05 Å². The highest BCUT2D eigenvalue weighted by Crippen LogP contribution is 2.25. The molecule has 0 aliphatic carbocycles. The lowest BCUT2D eigenvalue weighted by Gasteiger charge is -2.25. The van der Waals surface area contributed by atoms with Crippen LogP contribution in [0.25, 0.3) is 16.7 Å². The highest BCUT2D eigenvalue weighted by molar-refractivity contribution is 6.30. The second kappa shape index (κ2) is 10.0. The van der Waals surface area contributed by atoms with Crippen LogP contribution in [0.1, 0.15) is 34.0 Å². The maximum absolute atomic E-state index is 14.0. The van der Waals surface area contributed by atoms with Gasteiger partial charge < -0.3 is 14.4 Å². The number of hydrogen-bond acceptors (Lipinski definition) is 6. The van der Waals surface area contributed by atoms with Gasteiger partial charge in [-0.05, 0) is 42.3 Å².